The summed E-state index contributed by atoms with van der Waals surface area (Å²) in [5.74, 6) is -1.23. The Labute approximate surface area is 247 Å². The van der Waals surface area contributed by atoms with Gasteiger partial charge in [-0.1, -0.05) is 42.5 Å². The van der Waals surface area contributed by atoms with E-state index < -0.39 is 23.9 Å². The molecule has 2 aliphatic rings. The Kier molecular flexibility index (Phi) is 13.4. The average Bonchev–Trinajstić information content (AvgIpc) is 3.78. The monoisotopic (exact) mass is 581 g/mol. The van der Waals surface area contributed by atoms with Crippen molar-refractivity contribution >= 4 is 29.7 Å². The van der Waals surface area contributed by atoms with Gasteiger partial charge in [-0.3, -0.25) is 19.3 Å². The molecule has 2 heterocycles. The van der Waals surface area contributed by atoms with Crippen LogP contribution < -0.4 is 20.9 Å². The van der Waals surface area contributed by atoms with Crippen LogP contribution in [-0.2, 0) is 41.5 Å². The van der Waals surface area contributed by atoms with Crippen molar-refractivity contribution in [2.45, 2.75) is 38.0 Å². The third-order valence-corrected chi connectivity index (χ3v) is 6.75. The topological polar surface area (TPSA) is 133 Å². The maximum atomic E-state index is 13.2. The average molecular weight is 582 g/mol. The normalized spacial score (nSPS) is 17.5. The molecular weight excluding hydrogens is 538 g/mol. The summed E-state index contributed by atoms with van der Waals surface area (Å²) in [4.78, 5) is 53.9. The van der Waals surface area contributed by atoms with Crippen LogP contribution in [0.15, 0.2) is 54.6 Å². The van der Waals surface area contributed by atoms with Crippen molar-refractivity contribution in [1.82, 2.24) is 20.9 Å². The molecule has 228 valence electrons. The van der Waals surface area contributed by atoms with Gasteiger partial charge in [-0.2, -0.15) is 0 Å². The van der Waals surface area contributed by atoms with Crippen molar-refractivity contribution in [1.29, 1.82) is 0 Å². The molecule has 11 heteroatoms. The molecule has 0 spiro atoms. The van der Waals surface area contributed by atoms with Crippen LogP contribution in [0, 0.1) is 0 Å². The van der Waals surface area contributed by atoms with E-state index in [9.17, 15) is 19.2 Å². The first kappa shape index (κ1) is 32.7. The number of nitrogens with one attached hydrogen (secondary N) is 3. The fraction of sp³-hybridized carbons (Fsp3) is 0.484. The Balaban J connectivity index is 0.00000111. The highest BCUT2D eigenvalue weighted by molar-refractivity contribution is 5.91. The number of carbonyl (C=O) groups excluding carboxylic acids is 4. The standard InChI is InChI=1S/C28H37N5O5.C3H6O/c1-32(2)24-10-8-22(9-11-24)17-25(28(37)30-23(20-34)16-21-6-4-3-5-7-21)31-26(35)18-29-27(36)19-33-12-14-38-15-13-33;1-3-2-4-3/h3-11,20,23,25H,12-19H2,1-2H3,(H,29,36)(H,30,37)(H,31,35);3H,2H2,1H3/t23-,25-;/m0./s1. The third kappa shape index (κ3) is 12.4. The molecule has 0 aliphatic carbocycles. The molecule has 2 fully saturated rings. The van der Waals surface area contributed by atoms with E-state index in [1.165, 1.54) is 0 Å². The summed E-state index contributed by atoms with van der Waals surface area (Å²) < 4.78 is 9.99. The number of rotatable bonds is 13. The molecule has 0 bridgehead atoms. The molecule has 2 saturated heterocycles. The minimum Gasteiger partial charge on any atom is -0.379 e. The Morgan fingerprint density at radius 3 is 2.14 bits per heavy atom. The summed E-state index contributed by atoms with van der Waals surface area (Å²) in [5.41, 5.74) is 2.76. The first-order valence-electron chi connectivity index (χ1n) is 14.3. The van der Waals surface area contributed by atoms with E-state index in [4.69, 9.17) is 9.47 Å². The van der Waals surface area contributed by atoms with Crippen LogP contribution in [0.1, 0.15) is 18.1 Å². The molecule has 11 nitrogen and oxygen atoms in total. The van der Waals surface area contributed by atoms with E-state index in [0.717, 1.165) is 23.4 Å². The fourth-order valence-electron chi connectivity index (χ4n) is 4.20. The van der Waals surface area contributed by atoms with E-state index in [0.29, 0.717) is 45.1 Å². The van der Waals surface area contributed by atoms with E-state index >= 15 is 0 Å². The van der Waals surface area contributed by atoms with Gasteiger partial charge in [0, 0.05) is 39.3 Å². The number of nitrogens with zero attached hydrogens (tertiary/aromatic N) is 2. The van der Waals surface area contributed by atoms with Crippen LogP contribution in [0.2, 0.25) is 0 Å². The summed E-state index contributed by atoms with van der Waals surface area (Å²) in [6, 6.07) is 15.4. The molecule has 3 N–H and O–H groups in total. The van der Waals surface area contributed by atoms with Gasteiger partial charge in [-0.25, -0.2) is 0 Å². The van der Waals surface area contributed by atoms with Gasteiger partial charge < -0.3 is 35.1 Å². The van der Waals surface area contributed by atoms with Gasteiger partial charge in [0.05, 0.1) is 45.1 Å². The van der Waals surface area contributed by atoms with Crippen molar-refractivity contribution in [2.75, 3.05) is 65.0 Å². The van der Waals surface area contributed by atoms with Crippen LogP contribution in [-0.4, -0.2) is 107 Å². The first-order chi connectivity index (χ1) is 20.2. The number of epoxide rings is 1. The van der Waals surface area contributed by atoms with E-state index in [-0.39, 0.29) is 25.4 Å². The van der Waals surface area contributed by atoms with Crippen LogP contribution in [0.5, 0.6) is 0 Å². The predicted molar refractivity (Wildman–Crippen MR) is 160 cm³/mol. The van der Waals surface area contributed by atoms with Crippen molar-refractivity contribution in [2.24, 2.45) is 0 Å². The number of hydrogen-bond donors (Lipinski definition) is 3. The lowest BCUT2D eigenvalue weighted by Gasteiger charge is -2.25. The number of hydrogen-bond acceptors (Lipinski definition) is 8. The number of benzene rings is 2. The van der Waals surface area contributed by atoms with Gasteiger partial charge >= 0.3 is 0 Å². The smallest absolute Gasteiger partial charge is 0.243 e. The second-order valence-electron chi connectivity index (χ2n) is 10.6. The highest BCUT2D eigenvalue weighted by Gasteiger charge is 2.24. The maximum absolute atomic E-state index is 13.2. The lowest BCUT2D eigenvalue weighted by atomic mass is 10.0. The van der Waals surface area contributed by atoms with Crippen LogP contribution in [0.25, 0.3) is 0 Å². The second kappa shape index (κ2) is 17.2. The van der Waals surface area contributed by atoms with Crippen molar-refractivity contribution in [3.8, 4) is 0 Å². The van der Waals surface area contributed by atoms with Gasteiger partial charge in [0.25, 0.3) is 0 Å². The molecule has 1 unspecified atom stereocenters. The fourth-order valence-corrected chi connectivity index (χ4v) is 4.20. The molecule has 3 atom stereocenters. The first-order valence-corrected chi connectivity index (χ1v) is 14.3. The Morgan fingerprint density at radius 2 is 1.57 bits per heavy atom. The third-order valence-electron chi connectivity index (χ3n) is 6.75. The zero-order valence-corrected chi connectivity index (χ0v) is 24.7. The number of aldehydes is 1. The number of carbonyl (C=O) groups is 4. The van der Waals surface area contributed by atoms with Gasteiger partial charge in [-0.05, 0) is 36.6 Å². The lowest BCUT2D eigenvalue weighted by molar-refractivity contribution is -0.131. The number of anilines is 1. The maximum Gasteiger partial charge on any atom is 0.243 e. The number of morpholine rings is 1. The molecule has 2 aromatic rings. The van der Waals surface area contributed by atoms with Gasteiger partial charge in [-0.15, -0.1) is 0 Å². The minimum atomic E-state index is -0.929. The van der Waals surface area contributed by atoms with Gasteiger partial charge in [0.1, 0.15) is 12.3 Å². The summed E-state index contributed by atoms with van der Waals surface area (Å²) in [7, 11) is 3.87. The Bertz CT molecular complexity index is 1130. The Morgan fingerprint density at radius 1 is 0.952 bits per heavy atom. The summed E-state index contributed by atoms with van der Waals surface area (Å²) in [5, 5.41) is 8.10. The molecule has 2 aromatic carbocycles. The highest BCUT2D eigenvalue weighted by Crippen LogP contribution is 2.14. The molecule has 42 heavy (non-hydrogen) atoms. The zero-order valence-electron chi connectivity index (χ0n) is 24.7. The zero-order chi connectivity index (χ0) is 30.3. The molecule has 0 saturated carbocycles. The van der Waals surface area contributed by atoms with Crippen molar-refractivity contribution in [3.05, 3.63) is 65.7 Å². The summed E-state index contributed by atoms with van der Waals surface area (Å²) in [6.45, 7) is 5.44. The van der Waals surface area contributed by atoms with Crippen LogP contribution in [0.3, 0.4) is 0 Å². The number of ether oxygens (including phenoxy) is 2. The summed E-state index contributed by atoms with van der Waals surface area (Å²) >= 11 is 0. The Hall–Kier alpha value is -3.80. The van der Waals surface area contributed by atoms with Gasteiger partial charge in [0.15, 0.2) is 0 Å². The van der Waals surface area contributed by atoms with Crippen molar-refractivity contribution in [3.63, 3.8) is 0 Å². The molecular formula is C31H43N5O6. The molecule has 4 rings (SSSR count). The van der Waals surface area contributed by atoms with E-state index in [1.54, 1.807) is 0 Å². The largest absolute Gasteiger partial charge is 0.379 e. The minimum absolute atomic E-state index is 0.180. The predicted octanol–water partition coefficient (Wildman–Crippen LogP) is 0.560. The summed E-state index contributed by atoms with van der Waals surface area (Å²) in [6.07, 6.45) is 1.84. The van der Waals surface area contributed by atoms with Gasteiger partial charge in [0.2, 0.25) is 17.7 Å². The molecule has 3 amide bonds. The molecule has 0 radical (unpaired) electrons. The van der Waals surface area contributed by atoms with E-state index in [2.05, 4.69) is 22.9 Å². The van der Waals surface area contributed by atoms with E-state index in [1.807, 2.05) is 78.5 Å². The molecule has 2 aliphatic heterocycles. The van der Waals surface area contributed by atoms with Crippen LogP contribution >= 0.6 is 0 Å². The lowest BCUT2D eigenvalue weighted by Crippen LogP contribution is -2.53. The number of amides is 3. The quantitative estimate of drug-likeness (QED) is 0.231. The van der Waals surface area contributed by atoms with Crippen LogP contribution in [0.4, 0.5) is 5.69 Å². The second-order valence-corrected chi connectivity index (χ2v) is 10.6. The highest BCUT2D eigenvalue weighted by atomic mass is 16.6. The molecule has 0 aromatic heterocycles. The van der Waals surface area contributed by atoms with Crippen molar-refractivity contribution < 1.29 is 28.7 Å². The SMILES string of the molecule is CC1CO1.CN(C)c1ccc(C[C@H](NC(=O)CNC(=O)CN2CCOCC2)C(=O)N[C@H](C=O)Cc2ccccc2)cc1.